The summed E-state index contributed by atoms with van der Waals surface area (Å²) in [6.07, 6.45) is 0. The number of hydrogen-bond acceptors (Lipinski definition) is 26. The van der Waals surface area contributed by atoms with E-state index in [0.717, 1.165) is 24.5 Å². The van der Waals surface area contributed by atoms with Crippen LogP contribution in [-0.4, -0.2) is 400 Å². The Kier molecular flexibility index (Phi) is 48.1. The van der Waals surface area contributed by atoms with Crippen LogP contribution in [0.5, 0.6) is 0 Å². The van der Waals surface area contributed by atoms with Crippen molar-refractivity contribution in [1.29, 1.82) is 0 Å². The van der Waals surface area contributed by atoms with Gasteiger partial charge in [-0.15, -0.1) is 0 Å². The minimum Gasteiger partial charge on any atom is -0.480 e. The number of carboxylic acids is 16. The van der Waals surface area contributed by atoms with E-state index in [1.165, 1.54) is 14.7 Å². The summed E-state index contributed by atoms with van der Waals surface area (Å²) < 4.78 is 10.4. The van der Waals surface area contributed by atoms with Crippen molar-refractivity contribution < 1.29 is 168 Å². The highest BCUT2D eigenvalue weighted by Gasteiger charge is 2.22. The summed E-state index contributed by atoms with van der Waals surface area (Å²) in [5, 5.41) is 138. The van der Waals surface area contributed by atoms with E-state index in [-0.39, 0.29) is 78.8 Å². The molecular weight excluding hydrogens is 1180 g/mol. The zero-order chi connectivity index (χ0) is 67.1. The first-order chi connectivity index (χ1) is 39.8. The first-order valence-electron chi connectivity index (χ1n) is 24.2. The molecule has 0 aliphatic rings. The molecule has 0 aromatic heterocycles. The molecule has 42 nitrogen and oxygen atoms in total. The van der Waals surface area contributed by atoms with Gasteiger partial charge in [0.1, 0.15) is 0 Å². The molecule has 0 saturated heterocycles. The van der Waals surface area contributed by atoms with Gasteiger partial charge in [-0.3, -0.25) is 116 Å². The third-order valence-corrected chi connectivity index (χ3v) is 9.41. The number of aliphatic carboxylic acids is 16. The van der Waals surface area contributed by atoms with Gasteiger partial charge >= 0.3 is 95.5 Å². The number of carbonyl (C=O) groups is 16. The normalized spacial score (nSPS) is 10.8. The van der Waals surface area contributed by atoms with Crippen LogP contribution >= 0.6 is 0 Å². The molecular formula is C44H72N8O34. The second kappa shape index (κ2) is 49.5. The van der Waals surface area contributed by atoms with E-state index in [1.807, 2.05) is 0 Å². The SMILES string of the molecule is O=C(O)CN(CC(=O)O)CC(=O)O.O=C(O)CN(CCN(CC(=O)O)CC(=O)O)CC(=O)O.O=C(O)CN(CCN(CC(=O)O)CC(=O)O)CCN(CC(=O)O)CC(=O)O.O=C(O)CN(CCOCCOCCN(CC(=O)O)CC(=O)O)CC(=O)O. The molecule has 0 aromatic carbocycles. The molecule has 0 atom stereocenters. The molecule has 0 aliphatic carbocycles. The zero-order valence-electron chi connectivity index (χ0n) is 45.9. The lowest BCUT2D eigenvalue weighted by Gasteiger charge is -2.27. The lowest BCUT2D eigenvalue weighted by Crippen LogP contribution is -2.45. The van der Waals surface area contributed by atoms with Crippen molar-refractivity contribution in [1.82, 2.24) is 39.2 Å². The monoisotopic (exact) mass is 1260 g/mol. The molecule has 0 bridgehead atoms. The van der Waals surface area contributed by atoms with E-state index < -0.39 is 200 Å². The minimum atomic E-state index is -1.26. The lowest BCUT2D eigenvalue weighted by molar-refractivity contribution is -0.147. The standard InChI is InChI=1S/C14H23N3O10.C14H24N2O10.C10H16N2O8.C6H9NO6/c18-10(19)5-15(1-3-16(6-11(20)21)7-12(22)23)2-4-17(8-13(24)25)9-14(26)27;17-11(18)7-15(8-12(19)20)1-3-25-5-6-26-4-2-16(9-13(21)22)10-14(23)24;13-7(14)3-11(4-8(15)16)1-2-12(5-9(17)18)6-10(19)20;8-4(9)1-7(2-5(10)11)3-6(12)13/h1-9H2,(H,18,19)(H,20,21)(H,22,23)(H,24,25)(H,26,27);1-10H2,(H,17,18)(H,19,20)(H,21,22)(H,23,24);1-6H2,(H,13,14)(H,15,16)(H,17,18)(H,19,20);1-3H2,(H,8,9)(H,10,11)(H,12,13). The van der Waals surface area contributed by atoms with Crippen LogP contribution in [0.2, 0.25) is 0 Å². The lowest BCUT2D eigenvalue weighted by atomic mass is 10.3. The molecule has 0 aliphatic heterocycles. The maximum absolute atomic E-state index is 11.0. The van der Waals surface area contributed by atoms with Crippen LogP contribution in [0.15, 0.2) is 0 Å². The first-order valence-corrected chi connectivity index (χ1v) is 24.2. The Bertz CT molecular complexity index is 1970. The summed E-state index contributed by atoms with van der Waals surface area (Å²) in [4.78, 5) is 178. The quantitative estimate of drug-likeness (QED) is 0.0252. The van der Waals surface area contributed by atoms with Crippen molar-refractivity contribution >= 4 is 95.5 Å². The summed E-state index contributed by atoms with van der Waals surface area (Å²) in [7, 11) is 0. The number of rotatable bonds is 50. The van der Waals surface area contributed by atoms with Gasteiger partial charge in [0.2, 0.25) is 0 Å². The molecule has 0 saturated carbocycles. The molecule has 0 spiro atoms. The van der Waals surface area contributed by atoms with E-state index in [4.69, 9.17) is 91.2 Å². The molecule has 0 unspecified atom stereocenters. The number of hydrogen-bond donors (Lipinski definition) is 16. The third-order valence-electron chi connectivity index (χ3n) is 9.41. The topological polar surface area (TPSA) is 641 Å². The maximum atomic E-state index is 11.0. The predicted octanol–water partition coefficient (Wildman–Crippen LogP) is -8.25. The number of carboxylic acid groups (broad SMARTS) is 16. The van der Waals surface area contributed by atoms with E-state index in [9.17, 15) is 76.7 Å². The van der Waals surface area contributed by atoms with E-state index in [2.05, 4.69) is 0 Å². The van der Waals surface area contributed by atoms with E-state index >= 15 is 0 Å². The summed E-state index contributed by atoms with van der Waals surface area (Å²) in [6, 6.07) is 0. The van der Waals surface area contributed by atoms with Crippen molar-refractivity contribution in [3.8, 4) is 0 Å². The van der Waals surface area contributed by atoms with Crippen molar-refractivity contribution in [3.63, 3.8) is 0 Å². The van der Waals surface area contributed by atoms with Crippen LogP contribution < -0.4 is 0 Å². The number of nitrogens with zero attached hydrogens (tertiary/aromatic N) is 8. The van der Waals surface area contributed by atoms with E-state index in [1.54, 1.807) is 0 Å². The van der Waals surface area contributed by atoms with Gasteiger partial charge in [-0.2, -0.15) is 0 Å². The highest BCUT2D eigenvalue weighted by atomic mass is 16.5. The smallest absolute Gasteiger partial charge is 0.317 e. The fourth-order valence-electron chi connectivity index (χ4n) is 6.34. The Morgan fingerprint density at radius 1 is 0.163 bits per heavy atom. The molecule has 42 heteroatoms. The average Bonchev–Trinajstić information content (AvgIpc) is 3.48. The highest BCUT2D eigenvalue weighted by Crippen LogP contribution is 1.99. The van der Waals surface area contributed by atoms with Crippen molar-refractivity contribution in [3.05, 3.63) is 0 Å². The third kappa shape index (κ3) is 62.7. The van der Waals surface area contributed by atoms with Crippen molar-refractivity contribution in [2.45, 2.75) is 0 Å². The largest absolute Gasteiger partial charge is 0.480 e. The molecule has 0 amide bonds. The maximum Gasteiger partial charge on any atom is 0.317 e. The van der Waals surface area contributed by atoms with Gasteiger partial charge in [0.05, 0.1) is 131 Å². The van der Waals surface area contributed by atoms with Gasteiger partial charge in [-0.25, -0.2) is 0 Å². The van der Waals surface area contributed by atoms with Crippen LogP contribution in [0, 0.1) is 0 Å². The minimum absolute atomic E-state index is 0.000836. The van der Waals surface area contributed by atoms with Crippen LogP contribution in [-0.2, 0) is 86.2 Å². The molecule has 0 fully saturated rings. The van der Waals surface area contributed by atoms with Crippen LogP contribution in [0.3, 0.4) is 0 Å². The van der Waals surface area contributed by atoms with Gasteiger partial charge in [-0.05, 0) is 0 Å². The van der Waals surface area contributed by atoms with Gasteiger partial charge < -0.3 is 91.2 Å². The van der Waals surface area contributed by atoms with Crippen LogP contribution in [0.1, 0.15) is 0 Å². The fourth-order valence-corrected chi connectivity index (χ4v) is 6.34. The number of ether oxygens (including phenoxy) is 2. The van der Waals surface area contributed by atoms with Gasteiger partial charge in [0.25, 0.3) is 0 Å². The van der Waals surface area contributed by atoms with Gasteiger partial charge in [0, 0.05) is 52.4 Å². The zero-order valence-corrected chi connectivity index (χ0v) is 45.9. The average molecular weight is 1260 g/mol. The Morgan fingerprint density at radius 3 is 0.430 bits per heavy atom. The molecule has 0 radical (unpaired) electrons. The predicted molar refractivity (Wildman–Crippen MR) is 275 cm³/mol. The van der Waals surface area contributed by atoms with Crippen molar-refractivity contribution in [2.24, 2.45) is 0 Å². The summed E-state index contributed by atoms with van der Waals surface area (Å²) in [6.45, 7) is -7.57. The Balaban J connectivity index is -0.000000537. The second-order valence-electron chi connectivity index (χ2n) is 17.2. The molecule has 0 aromatic rings. The van der Waals surface area contributed by atoms with Crippen molar-refractivity contribution in [2.75, 3.05) is 184 Å². The molecule has 0 rings (SSSR count). The highest BCUT2D eigenvalue weighted by molar-refractivity contribution is 5.77. The fraction of sp³-hybridized carbons (Fsp3) is 0.636. The Morgan fingerprint density at radius 2 is 0.279 bits per heavy atom. The summed E-state index contributed by atoms with van der Waals surface area (Å²) >= 11 is 0. The van der Waals surface area contributed by atoms with Gasteiger partial charge in [0.15, 0.2) is 0 Å². The Hall–Kier alpha value is -8.88. The first kappa shape index (κ1) is 83.6. The summed E-state index contributed by atoms with van der Waals surface area (Å²) in [5.74, 6) is -19.4. The second-order valence-corrected chi connectivity index (χ2v) is 17.2. The molecule has 492 valence electrons. The molecule has 86 heavy (non-hydrogen) atoms. The molecule has 16 N–H and O–H groups in total. The van der Waals surface area contributed by atoms with E-state index in [0.29, 0.717) is 0 Å². The van der Waals surface area contributed by atoms with Crippen LogP contribution in [0.25, 0.3) is 0 Å². The molecule has 0 heterocycles. The van der Waals surface area contributed by atoms with Crippen LogP contribution in [0.4, 0.5) is 0 Å². The summed E-state index contributed by atoms with van der Waals surface area (Å²) in [5.41, 5.74) is 0. The van der Waals surface area contributed by atoms with Gasteiger partial charge in [-0.1, -0.05) is 0 Å². The Labute approximate surface area is 485 Å².